The molecule has 0 amide bonds. The highest BCUT2D eigenvalue weighted by atomic mass is 32.2. The molecule has 1 aliphatic heterocycles. The molecule has 3 rings (SSSR count). The number of benzene rings is 2. The van der Waals surface area contributed by atoms with E-state index in [1.807, 2.05) is 49.4 Å². The Morgan fingerprint density at radius 2 is 1.80 bits per heavy atom. The van der Waals surface area contributed by atoms with E-state index in [2.05, 4.69) is 5.32 Å². The minimum absolute atomic E-state index is 0.0175. The summed E-state index contributed by atoms with van der Waals surface area (Å²) in [6, 6.07) is 16.0. The molecule has 6 nitrogen and oxygen atoms in total. The van der Waals surface area contributed by atoms with Gasteiger partial charge in [-0.2, -0.15) is 0 Å². The summed E-state index contributed by atoms with van der Waals surface area (Å²) in [5, 5.41) is 3.74. The van der Waals surface area contributed by atoms with Crippen LogP contribution in [0, 0.1) is 0 Å². The summed E-state index contributed by atoms with van der Waals surface area (Å²) in [4.78, 5) is 29.8. The van der Waals surface area contributed by atoms with Crippen molar-refractivity contribution in [1.29, 1.82) is 0 Å². The zero-order valence-corrected chi connectivity index (χ0v) is 18.0. The lowest BCUT2D eigenvalue weighted by Crippen LogP contribution is -2.31. The molecule has 1 heterocycles. The van der Waals surface area contributed by atoms with E-state index < -0.39 is 12.0 Å². The number of hydrogen-bond acceptors (Lipinski definition) is 7. The first-order chi connectivity index (χ1) is 14.5. The highest BCUT2D eigenvalue weighted by Crippen LogP contribution is 2.33. The molecule has 0 spiro atoms. The quantitative estimate of drug-likeness (QED) is 0.532. The van der Waals surface area contributed by atoms with Crippen molar-refractivity contribution in [3.8, 4) is 5.75 Å². The van der Waals surface area contributed by atoms with Crippen LogP contribution in [0.1, 0.15) is 35.8 Å². The van der Waals surface area contributed by atoms with Gasteiger partial charge in [0.1, 0.15) is 11.8 Å². The van der Waals surface area contributed by atoms with Crippen molar-refractivity contribution in [2.24, 2.45) is 4.99 Å². The van der Waals surface area contributed by atoms with E-state index in [0.717, 1.165) is 11.3 Å². The molecule has 0 fully saturated rings. The number of aliphatic imine (C=N–C) groups is 1. The molecule has 0 aliphatic carbocycles. The molecular weight excluding hydrogens is 400 g/mol. The summed E-state index contributed by atoms with van der Waals surface area (Å²) in [6.45, 7) is 3.87. The van der Waals surface area contributed by atoms with E-state index in [-0.39, 0.29) is 18.1 Å². The molecule has 2 aromatic rings. The van der Waals surface area contributed by atoms with Crippen LogP contribution in [0.25, 0.3) is 0 Å². The molecule has 2 aromatic carbocycles. The number of thioether (sulfide) groups is 1. The fraction of sp³-hybridized carbons (Fsp3) is 0.261. The second kappa shape index (κ2) is 10.1. The third kappa shape index (κ3) is 5.10. The monoisotopic (exact) mass is 424 g/mol. The molecule has 0 saturated heterocycles. The Hall–Kier alpha value is -3.06. The predicted molar refractivity (Wildman–Crippen MR) is 119 cm³/mol. The second-order valence-electron chi connectivity index (χ2n) is 6.57. The number of nitrogens with zero attached hydrogens (tertiary/aromatic N) is 1. The zero-order valence-electron chi connectivity index (χ0n) is 17.2. The topological polar surface area (TPSA) is 77.0 Å². The molecular formula is C23H24N2O4S. The molecule has 0 bridgehead atoms. The first kappa shape index (κ1) is 21.6. The Morgan fingerprint density at radius 3 is 2.43 bits per heavy atom. The van der Waals surface area contributed by atoms with Crippen LogP contribution in [0.4, 0.5) is 0 Å². The largest absolute Gasteiger partial charge is 0.497 e. The molecule has 1 N–H and O–H groups in total. The lowest BCUT2D eigenvalue weighted by Gasteiger charge is -2.25. The number of hydrogen-bond donors (Lipinski definition) is 1. The molecule has 156 valence electrons. The van der Waals surface area contributed by atoms with E-state index >= 15 is 0 Å². The Labute approximate surface area is 180 Å². The third-order valence-corrected chi connectivity index (χ3v) is 5.47. The molecule has 30 heavy (non-hydrogen) atoms. The van der Waals surface area contributed by atoms with Gasteiger partial charge in [-0.1, -0.05) is 54.2 Å². The van der Waals surface area contributed by atoms with Crippen molar-refractivity contribution in [3.05, 3.63) is 77.0 Å². The van der Waals surface area contributed by atoms with Crippen LogP contribution in [-0.4, -0.2) is 36.4 Å². The number of esters is 1. The Morgan fingerprint density at radius 1 is 1.10 bits per heavy atom. The van der Waals surface area contributed by atoms with Crippen molar-refractivity contribution < 1.29 is 19.1 Å². The van der Waals surface area contributed by atoms with Gasteiger partial charge in [-0.15, -0.1) is 0 Å². The Kier molecular flexibility index (Phi) is 7.30. The Bertz CT molecular complexity index is 968. The number of allylic oxidation sites excluding steroid dienone is 1. The van der Waals surface area contributed by atoms with Gasteiger partial charge in [0.15, 0.2) is 11.0 Å². The van der Waals surface area contributed by atoms with Crippen molar-refractivity contribution in [1.82, 2.24) is 5.32 Å². The van der Waals surface area contributed by atoms with Crippen LogP contribution < -0.4 is 10.1 Å². The number of amidine groups is 1. The molecule has 0 saturated carbocycles. The number of ketones is 1. The minimum atomic E-state index is -0.523. The number of rotatable bonds is 7. The lowest BCUT2D eigenvalue weighted by molar-refractivity contribution is -0.138. The number of nitrogens with one attached hydrogen (secondary N) is 1. The molecule has 0 radical (unpaired) electrons. The van der Waals surface area contributed by atoms with Gasteiger partial charge in [0.2, 0.25) is 0 Å². The lowest BCUT2D eigenvalue weighted by atomic mass is 9.96. The highest BCUT2D eigenvalue weighted by molar-refractivity contribution is 8.14. The number of Topliss-reactive ketones (excluding diaryl/α,β-unsaturated/α-hetero) is 1. The summed E-state index contributed by atoms with van der Waals surface area (Å²) in [7, 11) is 1.60. The Balaban J connectivity index is 1.84. The standard InChI is InChI=1S/C23H24N2O4S/c1-4-29-22(27)20-15(2)24-23(30-14-19(26)16-8-6-5-7-9-16)25-21(20)17-10-12-18(28-3)13-11-17/h5-13,21H,4,14H2,1-3H3,(H,24,25). The highest BCUT2D eigenvalue weighted by Gasteiger charge is 2.30. The first-order valence-corrected chi connectivity index (χ1v) is 10.6. The van der Waals surface area contributed by atoms with Gasteiger partial charge in [0.25, 0.3) is 0 Å². The SMILES string of the molecule is CCOC(=O)C1=C(C)NC(SCC(=O)c2ccccc2)=NC1c1ccc(OC)cc1. The van der Waals surface area contributed by atoms with Gasteiger partial charge in [-0.05, 0) is 31.5 Å². The van der Waals surface area contributed by atoms with Gasteiger partial charge in [-0.25, -0.2) is 9.79 Å². The maximum absolute atomic E-state index is 12.6. The summed E-state index contributed by atoms with van der Waals surface area (Å²) in [6.07, 6.45) is 0. The van der Waals surface area contributed by atoms with E-state index in [4.69, 9.17) is 14.5 Å². The van der Waals surface area contributed by atoms with Gasteiger partial charge in [0, 0.05) is 11.3 Å². The fourth-order valence-electron chi connectivity index (χ4n) is 3.06. The van der Waals surface area contributed by atoms with Gasteiger partial charge >= 0.3 is 5.97 Å². The van der Waals surface area contributed by atoms with Crippen LogP contribution in [0.15, 0.2) is 70.9 Å². The zero-order chi connectivity index (χ0) is 21.5. The molecule has 1 atom stereocenters. The maximum Gasteiger partial charge on any atom is 0.338 e. The van der Waals surface area contributed by atoms with Crippen LogP contribution in [-0.2, 0) is 9.53 Å². The molecule has 1 unspecified atom stereocenters. The molecule has 1 aliphatic rings. The third-order valence-electron chi connectivity index (χ3n) is 4.58. The van der Waals surface area contributed by atoms with Crippen LogP contribution in [0.3, 0.4) is 0 Å². The van der Waals surface area contributed by atoms with E-state index in [1.165, 1.54) is 11.8 Å². The fourth-order valence-corrected chi connectivity index (χ4v) is 3.90. The van der Waals surface area contributed by atoms with Gasteiger partial charge < -0.3 is 14.8 Å². The molecule has 7 heteroatoms. The van der Waals surface area contributed by atoms with E-state index in [9.17, 15) is 9.59 Å². The number of carbonyl (C=O) groups excluding carboxylic acids is 2. The summed E-state index contributed by atoms with van der Waals surface area (Å²) in [5.41, 5.74) is 2.62. The smallest absolute Gasteiger partial charge is 0.338 e. The number of carbonyl (C=O) groups is 2. The number of methoxy groups -OCH3 is 1. The van der Waals surface area contributed by atoms with Crippen molar-refractivity contribution in [2.75, 3.05) is 19.5 Å². The average molecular weight is 425 g/mol. The first-order valence-electron chi connectivity index (χ1n) is 9.61. The van der Waals surface area contributed by atoms with Crippen molar-refractivity contribution >= 4 is 28.7 Å². The van der Waals surface area contributed by atoms with Crippen LogP contribution in [0.2, 0.25) is 0 Å². The minimum Gasteiger partial charge on any atom is -0.497 e. The van der Waals surface area contributed by atoms with Crippen LogP contribution in [0.5, 0.6) is 5.75 Å². The maximum atomic E-state index is 12.6. The van der Waals surface area contributed by atoms with Crippen molar-refractivity contribution in [3.63, 3.8) is 0 Å². The van der Waals surface area contributed by atoms with E-state index in [1.54, 1.807) is 26.2 Å². The molecule has 0 aromatic heterocycles. The van der Waals surface area contributed by atoms with Gasteiger partial charge in [-0.3, -0.25) is 4.79 Å². The van der Waals surface area contributed by atoms with Gasteiger partial charge in [0.05, 0.1) is 25.0 Å². The summed E-state index contributed by atoms with van der Waals surface area (Å²) >= 11 is 1.32. The number of ether oxygens (including phenoxy) is 2. The van der Waals surface area contributed by atoms with E-state index in [0.29, 0.717) is 22.0 Å². The normalized spacial score (nSPS) is 15.8. The summed E-state index contributed by atoms with van der Waals surface area (Å²) < 4.78 is 10.5. The van der Waals surface area contributed by atoms with Crippen LogP contribution >= 0.6 is 11.8 Å². The van der Waals surface area contributed by atoms with Crippen molar-refractivity contribution in [2.45, 2.75) is 19.9 Å². The summed E-state index contributed by atoms with van der Waals surface area (Å²) in [5.74, 6) is 0.575. The predicted octanol–water partition coefficient (Wildman–Crippen LogP) is 4.15. The second-order valence-corrected chi connectivity index (χ2v) is 7.54. The average Bonchev–Trinajstić information content (AvgIpc) is 2.77.